The summed E-state index contributed by atoms with van der Waals surface area (Å²) in [5.41, 5.74) is 1.95. The van der Waals surface area contributed by atoms with Crippen LogP contribution in [0.5, 0.6) is 11.5 Å². The van der Waals surface area contributed by atoms with Crippen LogP contribution in [-0.2, 0) is 16.1 Å². The maximum atomic E-state index is 13.1. The SMILES string of the molecule is COc1cccc(CN(C(=O)COc2cccc(C)c2)C(C)C(=O)NC2CCCC2)c1. The van der Waals surface area contributed by atoms with Crippen molar-refractivity contribution in [2.45, 2.75) is 58.2 Å². The molecule has 1 fully saturated rings. The minimum Gasteiger partial charge on any atom is -0.497 e. The number of amides is 2. The van der Waals surface area contributed by atoms with Crippen LogP contribution in [0.15, 0.2) is 48.5 Å². The number of carbonyl (C=O) groups excluding carboxylic acids is 2. The molecule has 0 bridgehead atoms. The predicted octanol–water partition coefficient (Wildman–Crippen LogP) is 3.86. The summed E-state index contributed by atoms with van der Waals surface area (Å²) < 4.78 is 11.0. The van der Waals surface area contributed by atoms with Crippen molar-refractivity contribution >= 4 is 11.8 Å². The Balaban J connectivity index is 1.72. The van der Waals surface area contributed by atoms with Gasteiger partial charge in [-0.2, -0.15) is 0 Å². The summed E-state index contributed by atoms with van der Waals surface area (Å²) in [7, 11) is 1.61. The molecular formula is C25H32N2O4. The van der Waals surface area contributed by atoms with Crippen LogP contribution in [0.1, 0.15) is 43.7 Å². The van der Waals surface area contributed by atoms with Crippen molar-refractivity contribution < 1.29 is 19.1 Å². The van der Waals surface area contributed by atoms with Gasteiger partial charge in [0.05, 0.1) is 7.11 Å². The Hall–Kier alpha value is -3.02. The molecule has 0 saturated heterocycles. The highest BCUT2D eigenvalue weighted by Gasteiger charge is 2.28. The second-order valence-electron chi connectivity index (χ2n) is 8.14. The molecule has 1 atom stereocenters. The second kappa shape index (κ2) is 10.8. The molecule has 6 nitrogen and oxygen atoms in total. The first kappa shape index (κ1) is 22.7. The van der Waals surface area contributed by atoms with Gasteiger partial charge in [0.2, 0.25) is 5.91 Å². The third-order valence-electron chi connectivity index (χ3n) is 5.71. The zero-order chi connectivity index (χ0) is 22.2. The average molecular weight is 425 g/mol. The van der Waals surface area contributed by atoms with Crippen molar-refractivity contribution in [3.63, 3.8) is 0 Å². The van der Waals surface area contributed by atoms with Crippen LogP contribution < -0.4 is 14.8 Å². The van der Waals surface area contributed by atoms with Crippen molar-refractivity contribution in [1.82, 2.24) is 10.2 Å². The average Bonchev–Trinajstić information content (AvgIpc) is 3.28. The molecule has 6 heteroatoms. The Bertz CT molecular complexity index is 893. The van der Waals surface area contributed by atoms with E-state index in [1.165, 1.54) is 0 Å². The first-order valence-electron chi connectivity index (χ1n) is 10.9. The van der Waals surface area contributed by atoms with Gasteiger partial charge in [-0.05, 0) is 62.1 Å². The Labute approximate surface area is 184 Å². The third-order valence-corrected chi connectivity index (χ3v) is 5.71. The third kappa shape index (κ3) is 6.48. The lowest BCUT2D eigenvalue weighted by atomic mass is 10.1. The Morgan fingerprint density at radius 3 is 2.52 bits per heavy atom. The van der Waals surface area contributed by atoms with Gasteiger partial charge >= 0.3 is 0 Å². The van der Waals surface area contributed by atoms with Crippen LogP contribution in [-0.4, -0.2) is 42.5 Å². The summed E-state index contributed by atoms with van der Waals surface area (Å²) in [6.07, 6.45) is 4.27. The number of rotatable bonds is 9. The number of benzene rings is 2. The van der Waals surface area contributed by atoms with Crippen LogP contribution in [0.2, 0.25) is 0 Å². The van der Waals surface area contributed by atoms with E-state index in [-0.39, 0.29) is 24.5 Å². The lowest BCUT2D eigenvalue weighted by molar-refractivity contribution is -0.142. The maximum absolute atomic E-state index is 13.1. The van der Waals surface area contributed by atoms with E-state index in [4.69, 9.17) is 9.47 Å². The van der Waals surface area contributed by atoms with Gasteiger partial charge in [-0.3, -0.25) is 9.59 Å². The van der Waals surface area contributed by atoms with E-state index in [9.17, 15) is 9.59 Å². The van der Waals surface area contributed by atoms with Crippen molar-refractivity contribution in [1.29, 1.82) is 0 Å². The summed E-state index contributed by atoms with van der Waals surface area (Å²) in [4.78, 5) is 27.6. The van der Waals surface area contributed by atoms with Crippen LogP contribution in [0.4, 0.5) is 0 Å². The molecule has 31 heavy (non-hydrogen) atoms. The fraction of sp³-hybridized carbons (Fsp3) is 0.440. The van der Waals surface area contributed by atoms with Crippen LogP contribution >= 0.6 is 0 Å². The van der Waals surface area contributed by atoms with Crippen molar-refractivity contribution in [3.05, 3.63) is 59.7 Å². The first-order chi connectivity index (χ1) is 15.0. The maximum Gasteiger partial charge on any atom is 0.261 e. The lowest BCUT2D eigenvalue weighted by Gasteiger charge is -2.29. The number of methoxy groups -OCH3 is 1. The largest absolute Gasteiger partial charge is 0.497 e. The molecule has 1 N–H and O–H groups in total. The standard InChI is InChI=1S/C25H32N2O4/c1-18-8-6-13-23(14-18)31-17-24(28)27(16-20-9-7-12-22(15-20)30-3)19(2)25(29)26-21-10-4-5-11-21/h6-9,12-15,19,21H,4-5,10-11,16-17H2,1-3H3,(H,26,29). The zero-order valence-corrected chi connectivity index (χ0v) is 18.6. The highest BCUT2D eigenvalue weighted by atomic mass is 16.5. The van der Waals surface area contributed by atoms with Gasteiger partial charge in [0.1, 0.15) is 17.5 Å². The number of aryl methyl sites for hydroxylation is 1. The quantitative estimate of drug-likeness (QED) is 0.664. The van der Waals surface area contributed by atoms with Gasteiger partial charge in [0.25, 0.3) is 5.91 Å². The first-order valence-corrected chi connectivity index (χ1v) is 10.9. The number of hydrogen-bond acceptors (Lipinski definition) is 4. The molecule has 3 rings (SSSR count). The predicted molar refractivity (Wildman–Crippen MR) is 120 cm³/mol. The number of carbonyl (C=O) groups is 2. The molecule has 1 aliphatic rings. The molecule has 2 aromatic rings. The minimum absolute atomic E-state index is 0.126. The number of hydrogen-bond donors (Lipinski definition) is 1. The normalized spacial score (nSPS) is 14.7. The molecule has 2 aromatic carbocycles. The molecule has 2 amide bonds. The molecule has 0 spiro atoms. The van der Waals surface area contributed by atoms with Crippen LogP contribution in [0.3, 0.4) is 0 Å². The van der Waals surface area contributed by atoms with Crippen molar-refractivity contribution in [3.8, 4) is 11.5 Å². The summed E-state index contributed by atoms with van der Waals surface area (Å²) in [5.74, 6) is 0.985. The molecule has 0 heterocycles. The fourth-order valence-corrected chi connectivity index (χ4v) is 3.88. The van der Waals surface area contributed by atoms with E-state index < -0.39 is 6.04 Å². The van der Waals surface area contributed by atoms with Gasteiger partial charge < -0.3 is 19.7 Å². The summed E-state index contributed by atoms with van der Waals surface area (Å²) in [6.45, 7) is 3.91. The van der Waals surface area contributed by atoms with E-state index >= 15 is 0 Å². The van der Waals surface area contributed by atoms with E-state index in [0.717, 1.165) is 36.8 Å². The fourth-order valence-electron chi connectivity index (χ4n) is 3.88. The van der Waals surface area contributed by atoms with E-state index in [0.29, 0.717) is 18.0 Å². The summed E-state index contributed by atoms with van der Waals surface area (Å²) >= 11 is 0. The zero-order valence-electron chi connectivity index (χ0n) is 18.6. The molecule has 1 unspecified atom stereocenters. The molecular weight excluding hydrogens is 392 g/mol. The van der Waals surface area contributed by atoms with E-state index in [1.807, 2.05) is 55.5 Å². The highest BCUT2D eigenvalue weighted by Crippen LogP contribution is 2.20. The van der Waals surface area contributed by atoms with Gasteiger partial charge in [-0.1, -0.05) is 37.1 Å². The molecule has 1 aliphatic carbocycles. The monoisotopic (exact) mass is 424 g/mol. The summed E-state index contributed by atoms with van der Waals surface area (Å²) in [5, 5.41) is 3.11. The van der Waals surface area contributed by atoms with Gasteiger partial charge in [0, 0.05) is 12.6 Å². The van der Waals surface area contributed by atoms with Crippen LogP contribution in [0, 0.1) is 6.92 Å². The summed E-state index contributed by atoms with van der Waals surface area (Å²) in [6, 6.07) is 14.7. The van der Waals surface area contributed by atoms with Crippen molar-refractivity contribution in [2.75, 3.05) is 13.7 Å². The van der Waals surface area contributed by atoms with Gasteiger partial charge in [-0.15, -0.1) is 0 Å². The molecule has 1 saturated carbocycles. The number of ether oxygens (including phenoxy) is 2. The smallest absolute Gasteiger partial charge is 0.261 e. The van der Waals surface area contributed by atoms with E-state index in [2.05, 4.69) is 5.32 Å². The van der Waals surface area contributed by atoms with Crippen molar-refractivity contribution in [2.24, 2.45) is 0 Å². The Kier molecular flexibility index (Phi) is 7.93. The Morgan fingerprint density at radius 1 is 1.10 bits per heavy atom. The number of nitrogens with zero attached hydrogens (tertiary/aromatic N) is 1. The number of nitrogens with one attached hydrogen (secondary N) is 1. The highest BCUT2D eigenvalue weighted by molar-refractivity contribution is 5.88. The minimum atomic E-state index is -0.611. The molecule has 0 aromatic heterocycles. The topological polar surface area (TPSA) is 67.9 Å². The van der Waals surface area contributed by atoms with Gasteiger partial charge in [0.15, 0.2) is 6.61 Å². The molecule has 0 radical (unpaired) electrons. The van der Waals surface area contributed by atoms with E-state index in [1.54, 1.807) is 18.9 Å². The molecule has 0 aliphatic heterocycles. The molecule has 166 valence electrons. The Morgan fingerprint density at radius 2 is 1.81 bits per heavy atom. The van der Waals surface area contributed by atoms with Crippen LogP contribution in [0.25, 0.3) is 0 Å². The second-order valence-corrected chi connectivity index (χ2v) is 8.14. The lowest BCUT2D eigenvalue weighted by Crippen LogP contribution is -2.50. The van der Waals surface area contributed by atoms with Gasteiger partial charge in [-0.25, -0.2) is 0 Å².